The smallest absolute Gasteiger partial charge is 0.235 e. The molecule has 0 saturated heterocycles. The topological polar surface area (TPSA) is 66.9 Å². The molecule has 1 aromatic rings. The fourth-order valence-electron chi connectivity index (χ4n) is 3.13. The fourth-order valence-corrected chi connectivity index (χ4v) is 3.64. The number of carbonyl (C=O) groups is 1. The van der Waals surface area contributed by atoms with E-state index in [1.807, 2.05) is 39.8 Å². The van der Waals surface area contributed by atoms with Gasteiger partial charge in [-0.05, 0) is 36.2 Å². The van der Waals surface area contributed by atoms with Gasteiger partial charge in [0.25, 0.3) is 0 Å². The van der Waals surface area contributed by atoms with Crippen LogP contribution in [0.3, 0.4) is 0 Å². The number of nitrogens with zero attached hydrogens (tertiary/aromatic N) is 1. The van der Waals surface area contributed by atoms with Crippen molar-refractivity contribution < 1.29 is 4.79 Å². The van der Waals surface area contributed by atoms with Gasteiger partial charge in [-0.15, -0.1) is 11.6 Å². The van der Waals surface area contributed by atoms with Crippen LogP contribution in [-0.2, 0) is 11.2 Å². The van der Waals surface area contributed by atoms with Crippen LogP contribution in [0.5, 0.6) is 0 Å². The molecule has 1 saturated carbocycles. The maximum atomic E-state index is 11.2. The summed E-state index contributed by atoms with van der Waals surface area (Å²) in [5, 5.41) is 9.00. The summed E-state index contributed by atoms with van der Waals surface area (Å²) in [6.45, 7) is 9.88. The SMILES string of the molecule is CC1(Cl)CC1(C)C(C)(C)C(C#N)C(N)=O.CCc1ccccc1. The molecule has 3 nitrogen and oxygen atoms in total. The van der Waals surface area contributed by atoms with Crippen molar-refractivity contribution in [3.63, 3.8) is 0 Å². The summed E-state index contributed by atoms with van der Waals surface area (Å²) in [4.78, 5) is 10.9. The molecule has 3 unspecified atom stereocenters. The van der Waals surface area contributed by atoms with Gasteiger partial charge in [-0.2, -0.15) is 5.26 Å². The molecule has 126 valence electrons. The van der Waals surface area contributed by atoms with Gasteiger partial charge in [-0.1, -0.05) is 58.0 Å². The molecule has 0 spiro atoms. The minimum atomic E-state index is -0.789. The Kier molecular flexibility index (Phi) is 5.88. The molecule has 2 N–H and O–H groups in total. The molecule has 1 aromatic carbocycles. The number of alkyl halides is 1. The van der Waals surface area contributed by atoms with Crippen molar-refractivity contribution in [3.8, 4) is 6.07 Å². The molecule has 1 aliphatic rings. The molecule has 3 atom stereocenters. The van der Waals surface area contributed by atoms with Gasteiger partial charge in [0.2, 0.25) is 5.91 Å². The Morgan fingerprint density at radius 3 is 2.13 bits per heavy atom. The molecule has 0 radical (unpaired) electrons. The Balaban J connectivity index is 0.000000277. The summed E-state index contributed by atoms with van der Waals surface area (Å²) in [7, 11) is 0. The van der Waals surface area contributed by atoms with E-state index < -0.39 is 17.2 Å². The number of primary amides is 1. The van der Waals surface area contributed by atoms with Crippen LogP contribution in [0.25, 0.3) is 0 Å². The molecule has 1 amide bonds. The van der Waals surface area contributed by atoms with Crippen LogP contribution < -0.4 is 5.73 Å². The molecule has 2 rings (SSSR count). The molecular formula is C19H27ClN2O. The van der Waals surface area contributed by atoms with Gasteiger partial charge in [0.15, 0.2) is 0 Å². The number of hydrogen-bond donors (Lipinski definition) is 1. The summed E-state index contributed by atoms with van der Waals surface area (Å²) in [5.74, 6) is -1.36. The Bertz CT molecular complexity index is 589. The minimum absolute atomic E-state index is 0.211. The van der Waals surface area contributed by atoms with E-state index >= 15 is 0 Å². The van der Waals surface area contributed by atoms with Gasteiger partial charge < -0.3 is 5.73 Å². The number of amides is 1. The van der Waals surface area contributed by atoms with Crippen LogP contribution in [0.15, 0.2) is 30.3 Å². The third-order valence-electron chi connectivity index (χ3n) is 5.52. The lowest BCUT2D eigenvalue weighted by Crippen LogP contribution is -2.42. The van der Waals surface area contributed by atoms with E-state index in [2.05, 4.69) is 31.2 Å². The average molecular weight is 335 g/mol. The van der Waals surface area contributed by atoms with Gasteiger partial charge >= 0.3 is 0 Å². The van der Waals surface area contributed by atoms with Crippen LogP contribution in [0.2, 0.25) is 0 Å². The van der Waals surface area contributed by atoms with Crippen molar-refractivity contribution in [3.05, 3.63) is 35.9 Å². The molecule has 0 bridgehead atoms. The zero-order valence-electron chi connectivity index (χ0n) is 14.7. The first-order chi connectivity index (χ1) is 10.5. The van der Waals surface area contributed by atoms with Crippen LogP contribution in [0.1, 0.15) is 46.6 Å². The Morgan fingerprint density at radius 1 is 1.39 bits per heavy atom. The van der Waals surface area contributed by atoms with Crippen molar-refractivity contribution in [2.24, 2.45) is 22.5 Å². The quantitative estimate of drug-likeness (QED) is 0.834. The normalized spacial score (nSPS) is 27.2. The van der Waals surface area contributed by atoms with Gasteiger partial charge in [0.1, 0.15) is 5.92 Å². The molecule has 23 heavy (non-hydrogen) atoms. The first kappa shape index (κ1) is 19.5. The lowest BCUT2D eigenvalue weighted by atomic mass is 9.67. The summed E-state index contributed by atoms with van der Waals surface area (Å²) in [5.41, 5.74) is 5.94. The first-order valence-corrected chi connectivity index (χ1v) is 8.33. The number of rotatable bonds is 4. The molecule has 0 aliphatic heterocycles. The number of nitrogens with two attached hydrogens (primary N) is 1. The average Bonchev–Trinajstić information content (AvgIpc) is 3.01. The predicted octanol–water partition coefficient (Wildman–Crippen LogP) is 4.29. The van der Waals surface area contributed by atoms with Gasteiger partial charge in [-0.25, -0.2) is 0 Å². The standard InChI is InChI=1S/C11H17ClN2O.C8H10/c1-9(2,7(5-13)8(14)15)10(3)6-11(10,4)12;1-2-8-6-4-3-5-7-8/h7H,6H2,1-4H3,(H2,14,15);3-7H,2H2,1H3. The molecule has 1 aliphatic carbocycles. The lowest BCUT2D eigenvalue weighted by Gasteiger charge is -2.36. The summed E-state index contributed by atoms with van der Waals surface area (Å²) in [6.07, 6.45) is 1.95. The predicted molar refractivity (Wildman–Crippen MR) is 94.9 cm³/mol. The van der Waals surface area contributed by atoms with E-state index in [4.69, 9.17) is 22.6 Å². The largest absolute Gasteiger partial charge is 0.369 e. The fraction of sp³-hybridized carbons (Fsp3) is 0.579. The van der Waals surface area contributed by atoms with Crippen molar-refractivity contribution >= 4 is 17.5 Å². The van der Waals surface area contributed by atoms with E-state index in [-0.39, 0.29) is 10.3 Å². The van der Waals surface area contributed by atoms with E-state index in [0.29, 0.717) is 0 Å². The molecule has 4 heteroatoms. The lowest BCUT2D eigenvalue weighted by molar-refractivity contribution is -0.124. The van der Waals surface area contributed by atoms with Gasteiger partial charge in [0.05, 0.1) is 6.07 Å². The van der Waals surface area contributed by atoms with E-state index in [9.17, 15) is 4.79 Å². The monoisotopic (exact) mass is 334 g/mol. The highest BCUT2D eigenvalue weighted by molar-refractivity contribution is 6.26. The maximum Gasteiger partial charge on any atom is 0.235 e. The zero-order chi connectivity index (χ0) is 17.9. The summed E-state index contributed by atoms with van der Waals surface area (Å²) in [6, 6.07) is 12.4. The molecule has 0 aromatic heterocycles. The highest BCUT2D eigenvalue weighted by Gasteiger charge is 2.69. The number of halogens is 1. The van der Waals surface area contributed by atoms with Gasteiger partial charge in [0, 0.05) is 4.87 Å². The third-order valence-corrected chi connectivity index (χ3v) is 6.07. The van der Waals surface area contributed by atoms with Crippen molar-refractivity contribution in [1.82, 2.24) is 0 Å². The van der Waals surface area contributed by atoms with Crippen LogP contribution in [0, 0.1) is 28.1 Å². The van der Waals surface area contributed by atoms with Crippen LogP contribution in [0.4, 0.5) is 0 Å². The van der Waals surface area contributed by atoms with E-state index in [1.165, 1.54) is 5.56 Å². The van der Waals surface area contributed by atoms with Crippen LogP contribution in [-0.4, -0.2) is 10.8 Å². The van der Waals surface area contributed by atoms with E-state index in [1.54, 1.807) is 0 Å². The van der Waals surface area contributed by atoms with Gasteiger partial charge in [-0.3, -0.25) is 4.79 Å². The number of carbonyl (C=O) groups excluding carboxylic acids is 1. The summed E-state index contributed by atoms with van der Waals surface area (Å²) >= 11 is 6.28. The molecular weight excluding hydrogens is 308 g/mol. The number of nitriles is 1. The Labute approximate surface area is 144 Å². The van der Waals surface area contributed by atoms with Crippen molar-refractivity contribution in [2.75, 3.05) is 0 Å². The Morgan fingerprint density at radius 2 is 1.87 bits per heavy atom. The van der Waals surface area contributed by atoms with Crippen LogP contribution >= 0.6 is 11.6 Å². The first-order valence-electron chi connectivity index (χ1n) is 7.95. The number of benzene rings is 1. The maximum absolute atomic E-state index is 11.2. The number of hydrogen-bond acceptors (Lipinski definition) is 2. The van der Waals surface area contributed by atoms with Crippen molar-refractivity contribution in [1.29, 1.82) is 5.26 Å². The highest BCUT2D eigenvalue weighted by atomic mass is 35.5. The second kappa shape index (κ2) is 6.93. The Hall–Kier alpha value is -1.53. The van der Waals surface area contributed by atoms with Crippen molar-refractivity contribution in [2.45, 2.75) is 52.3 Å². The minimum Gasteiger partial charge on any atom is -0.369 e. The molecule has 1 fully saturated rings. The number of aryl methyl sites for hydroxylation is 1. The van der Waals surface area contributed by atoms with E-state index in [0.717, 1.165) is 12.8 Å². The highest BCUT2D eigenvalue weighted by Crippen LogP contribution is 2.70. The summed E-state index contributed by atoms with van der Waals surface area (Å²) < 4.78 is 0. The second-order valence-corrected chi connectivity index (χ2v) is 8.07. The third kappa shape index (κ3) is 3.87. The second-order valence-electron chi connectivity index (χ2n) is 7.23. The zero-order valence-corrected chi connectivity index (χ0v) is 15.4. The molecule has 0 heterocycles.